The molecular formula is C13H18N4O4. The lowest BCUT2D eigenvalue weighted by atomic mass is 9.91. The Labute approximate surface area is 121 Å². The third-order valence-corrected chi connectivity index (χ3v) is 3.96. The largest absolute Gasteiger partial charge is 0.394 e. The van der Waals surface area contributed by atoms with E-state index in [2.05, 4.69) is 15.4 Å². The maximum absolute atomic E-state index is 10.5. The molecule has 0 amide bonds. The predicted octanol–water partition coefficient (Wildman–Crippen LogP) is -0.685. The van der Waals surface area contributed by atoms with E-state index in [1.54, 1.807) is 23.7 Å². The average molecular weight is 294 g/mol. The molecule has 2 aromatic rings. The maximum atomic E-state index is 10.5. The normalized spacial score (nSPS) is 32.7. The number of aliphatic hydroxyl groups is 3. The lowest BCUT2D eigenvalue weighted by Crippen LogP contribution is -2.43. The van der Waals surface area contributed by atoms with Gasteiger partial charge in [0.25, 0.3) is 0 Å². The minimum Gasteiger partial charge on any atom is -0.394 e. The summed E-state index contributed by atoms with van der Waals surface area (Å²) >= 11 is 0. The topological polar surface area (TPSA) is 112 Å². The number of nitrogens with zero attached hydrogens (tertiary/aromatic N) is 3. The molecule has 3 heterocycles. The zero-order chi connectivity index (χ0) is 15.2. The van der Waals surface area contributed by atoms with Gasteiger partial charge in [-0.25, -0.2) is 9.50 Å². The number of nitrogens with one attached hydrogen (secondary N) is 1. The number of hydrogen-bond donors (Lipinski definition) is 4. The summed E-state index contributed by atoms with van der Waals surface area (Å²) in [5, 5.41) is 37.0. The second-order valence-corrected chi connectivity index (χ2v) is 5.32. The zero-order valence-electron chi connectivity index (χ0n) is 11.8. The Balaban J connectivity index is 2.09. The number of rotatable bonds is 3. The molecule has 1 aliphatic heterocycles. The summed E-state index contributed by atoms with van der Waals surface area (Å²) in [5.74, 6) is 0.646. The first-order valence-corrected chi connectivity index (χ1v) is 6.67. The lowest BCUT2D eigenvalue weighted by molar-refractivity contribution is -0.0664. The van der Waals surface area contributed by atoms with Gasteiger partial charge >= 0.3 is 0 Å². The molecule has 2 aromatic heterocycles. The summed E-state index contributed by atoms with van der Waals surface area (Å²) in [6.45, 7) is 1.12. The van der Waals surface area contributed by atoms with Crippen LogP contribution in [0.25, 0.3) is 5.52 Å². The Bertz CT molecular complexity index is 657. The van der Waals surface area contributed by atoms with Crippen molar-refractivity contribution >= 4 is 11.3 Å². The molecule has 1 aliphatic rings. The fraction of sp³-hybridized carbons (Fsp3) is 0.538. The highest BCUT2D eigenvalue weighted by Crippen LogP contribution is 2.41. The van der Waals surface area contributed by atoms with E-state index in [0.29, 0.717) is 11.5 Å². The molecule has 3 rings (SSSR count). The van der Waals surface area contributed by atoms with Crippen molar-refractivity contribution in [3.8, 4) is 0 Å². The number of anilines is 1. The minimum atomic E-state index is -1.52. The summed E-state index contributed by atoms with van der Waals surface area (Å²) in [7, 11) is 1.75. The van der Waals surface area contributed by atoms with Crippen LogP contribution in [-0.4, -0.2) is 61.4 Å². The first-order valence-electron chi connectivity index (χ1n) is 6.67. The molecular weight excluding hydrogens is 276 g/mol. The van der Waals surface area contributed by atoms with Gasteiger partial charge in [-0.1, -0.05) is 0 Å². The number of aliphatic hydroxyl groups excluding tert-OH is 2. The van der Waals surface area contributed by atoms with Gasteiger partial charge in [0.15, 0.2) is 5.82 Å². The first kappa shape index (κ1) is 14.2. The third kappa shape index (κ3) is 1.99. The van der Waals surface area contributed by atoms with Crippen LogP contribution in [0.15, 0.2) is 18.5 Å². The molecule has 0 saturated carbocycles. The Morgan fingerprint density at radius 1 is 1.48 bits per heavy atom. The summed E-state index contributed by atoms with van der Waals surface area (Å²) in [6, 6.07) is 3.57. The smallest absolute Gasteiger partial charge is 0.153 e. The fourth-order valence-electron chi connectivity index (χ4n) is 2.78. The van der Waals surface area contributed by atoms with E-state index in [-0.39, 0.29) is 6.61 Å². The highest BCUT2D eigenvalue weighted by Gasteiger charge is 2.53. The third-order valence-electron chi connectivity index (χ3n) is 3.96. The van der Waals surface area contributed by atoms with Crippen LogP contribution < -0.4 is 5.32 Å². The molecule has 0 bridgehead atoms. The highest BCUT2D eigenvalue weighted by molar-refractivity contribution is 5.67. The van der Waals surface area contributed by atoms with Crippen molar-refractivity contribution in [1.82, 2.24) is 14.6 Å². The van der Waals surface area contributed by atoms with Gasteiger partial charge in [-0.2, -0.15) is 5.10 Å². The van der Waals surface area contributed by atoms with E-state index >= 15 is 0 Å². The number of aromatic nitrogens is 3. The monoisotopic (exact) mass is 294 g/mol. The molecule has 0 spiro atoms. The Morgan fingerprint density at radius 2 is 2.24 bits per heavy atom. The molecule has 1 saturated heterocycles. The van der Waals surface area contributed by atoms with Crippen LogP contribution in [0.1, 0.15) is 18.7 Å². The molecule has 21 heavy (non-hydrogen) atoms. The Morgan fingerprint density at radius 3 is 2.86 bits per heavy atom. The molecule has 4 atom stereocenters. The predicted molar refractivity (Wildman–Crippen MR) is 73.9 cm³/mol. The van der Waals surface area contributed by atoms with Gasteiger partial charge < -0.3 is 25.4 Å². The van der Waals surface area contributed by atoms with Crippen molar-refractivity contribution < 1.29 is 20.1 Å². The summed E-state index contributed by atoms with van der Waals surface area (Å²) in [6.07, 6.45) is -1.41. The molecule has 1 fully saturated rings. The molecule has 8 nitrogen and oxygen atoms in total. The van der Waals surface area contributed by atoms with Gasteiger partial charge in [-0.15, -0.1) is 0 Å². The van der Waals surface area contributed by atoms with Crippen molar-refractivity contribution in [3.63, 3.8) is 0 Å². The van der Waals surface area contributed by atoms with E-state index in [0.717, 1.165) is 5.52 Å². The number of fused-ring (bicyclic) bond motifs is 1. The van der Waals surface area contributed by atoms with Crippen LogP contribution in [-0.2, 0) is 4.74 Å². The second-order valence-electron chi connectivity index (χ2n) is 5.32. The lowest BCUT2D eigenvalue weighted by Gasteiger charge is -2.26. The molecule has 4 N–H and O–H groups in total. The summed E-state index contributed by atoms with van der Waals surface area (Å²) < 4.78 is 7.21. The second kappa shape index (κ2) is 4.92. The van der Waals surface area contributed by atoms with Crippen LogP contribution in [0.5, 0.6) is 0 Å². The van der Waals surface area contributed by atoms with Crippen molar-refractivity contribution in [2.24, 2.45) is 0 Å². The van der Waals surface area contributed by atoms with Crippen LogP contribution in [0.3, 0.4) is 0 Å². The fourth-order valence-corrected chi connectivity index (χ4v) is 2.78. The highest BCUT2D eigenvalue weighted by atomic mass is 16.6. The molecule has 0 aliphatic carbocycles. The van der Waals surface area contributed by atoms with Gasteiger partial charge in [0, 0.05) is 7.05 Å². The van der Waals surface area contributed by atoms with Crippen LogP contribution in [0, 0.1) is 0 Å². The van der Waals surface area contributed by atoms with Crippen molar-refractivity contribution in [1.29, 1.82) is 0 Å². The van der Waals surface area contributed by atoms with Gasteiger partial charge in [-0.3, -0.25) is 0 Å². The standard InChI is InChI=1S/C13H18N4O4/c1-13(20)10(19)9(5-18)21-11(13)7-3-4-8-12(14-2)15-6-16-17(7)8/h3-4,6,9-11,18-20H,5H2,1-2H3,(H,14,15,16)/t9-,10-,11+,13-/m1/s1. The zero-order valence-corrected chi connectivity index (χ0v) is 11.8. The van der Waals surface area contributed by atoms with Crippen LogP contribution in [0.4, 0.5) is 5.82 Å². The van der Waals surface area contributed by atoms with Crippen LogP contribution >= 0.6 is 0 Å². The van der Waals surface area contributed by atoms with E-state index in [1.165, 1.54) is 13.3 Å². The molecule has 8 heteroatoms. The van der Waals surface area contributed by atoms with Crippen molar-refractivity contribution in [2.45, 2.75) is 30.8 Å². The molecule has 0 aromatic carbocycles. The number of ether oxygens (including phenoxy) is 1. The minimum absolute atomic E-state index is 0.367. The first-order chi connectivity index (χ1) is 10.0. The molecule has 0 radical (unpaired) electrons. The van der Waals surface area contributed by atoms with E-state index in [1.807, 2.05) is 0 Å². The summed E-state index contributed by atoms with van der Waals surface area (Å²) in [4.78, 5) is 4.11. The van der Waals surface area contributed by atoms with E-state index in [4.69, 9.17) is 4.74 Å². The van der Waals surface area contributed by atoms with Gasteiger partial charge in [-0.05, 0) is 19.1 Å². The molecule has 114 valence electrons. The SMILES string of the molecule is CNc1ncnn2c([C@@H]3O[C@H](CO)[C@@H](O)[C@@]3(C)O)ccc12. The average Bonchev–Trinajstić information content (AvgIpc) is 2.99. The van der Waals surface area contributed by atoms with E-state index in [9.17, 15) is 15.3 Å². The summed E-state index contributed by atoms with van der Waals surface area (Å²) in [5.41, 5.74) is -0.202. The Kier molecular flexibility index (Phi) is 3.33. The van der Waals surface area contributed by atoms with Gasteiger partial charge in [0.1, 0.15) is 35.8 Å². The number of hydrogen-bond acceptors (Lipinski definition) is 7. The quantitative estimate of drug-likeness (QED) is 0.593. The van der Waals surface area contributed by atoms with E-state index < -0.39 is 23.9 Å². The van der Waals surface area contributed by atoms with Crippen molar-refractivity contribution in [3.05, 3.63) is 24.2 Å². The molecule has 0 unspecified atom stereocenters. The van der Waals surface area contributed by atoms with Gasteiger partial charge in [0.05, 0.1) is 12.3 Å². The van der Waals surface area contributed by atoms with Crippen molar-refractivity contribution in [2.75, 3.05) is 19.0 Å². The van der Waals surface area contributed by atoms with Crippen LogP contribution in [0.2, 0.25) is 0 Å². The van der Waals surface area contributed by atoms with Gasteiger partial charge in [0.2, 0.25) is 0 Å². The maximum Gasteiger partial charge on any atom is 0.153 e. The Hall–Kier alpha value is -1.74.